The Balaban J connectivity index is 1.63. The summed E-state index contributed by atoms with van der Waals surface area (Å²) in [5.41, 5.74) is 0.837. The summed E-state index contributed by atoms with van der Waals surface area (Å²) < 4.78 is 0. The van der Waals surface area contributed by atoms with Crippen molar-refractivity contribution in [1.82, 2.24) is 15.2 Å². The number of carbonyl (C=O) groups excluding carboxylic acids is 2. The van der Waals surface area contributed by atoms with Crippen LogP contribution >= 0.6 is 11.8 Å². The zero-order chi connectivity index (χ0) is 14.7. The number of amides is 2. The minimum atomic E-state index is -0.152. The van der Waals surface area contributed by atoms with Gasteiger partial charge in [0, 0.05) is 23.9 Å². The van der Waals surface area contributed by atoms with E-state index in [9.17, 15) is 9.59 Å². The molecule has 6 heteroatoms. The second kappa shape index (κ2) is 6.13. The van der Waals surface area contributed by atoms with Crippen LogP contribution in [0.1, 0.15) is 5.69 Å². The maximum atomic E-state index is 11.9. The van der Waals surface area contributed by atoms with Gasteiger partial charge in [0.2, 0.25) is 5.91 Å². The van der Waals surface area contributed by atoms with Gasteiger partial charge in [-0.2, -0.15) is 0 Å². The predicted octanol–water partition coefficient (Wildman–Crippen LogP) is 2.02. The Hall–Kier alpha value is -2.08. The topological polar surface area (TPSA) is 62.3 Å². The highest BCUT2D eigenvalue weighted by Gasteiger charge is 2.23. The Morgan fingerprint density at radius 3 is 3.00 bits per heavy atom. The molecule has 1 fully saturated rings. The molecule has 2 heterocycles. The number of hydrogen-bond acceptors (Lipinski definition) is 4. The summed E-state index contributed by atoms with van der Waals surface area (Å²) >= 11 is 1.26. The fourth-order valence-electron chi connectivity index (χ4n) is 2.30. The Labute approximate surface area is 126 Å². The maximum absolute atomic E-state index is 11.9. The third-order valence-corrected chi connectivity index (χ3v) is 4.28. The molecule has 0 spiro atoms. The van der Waals surface area contributed by atoms with E-state index in [2.05, 4.69) is 10.3 Å². The number of rotatable bonds is 4. The van der Waals surface area contributed by atoms with Gasteiger partial charge in [0.15, 0.2) is 0 Å². The molecule has 0 unspecified atom stereocenters. The summed E-state index contributed by atoms with van der Waals surface area (Å²) in [7, 11) is 0. The van der Waals surface area contributed by atoms with E-state index >= 15 is 0 Å². The molecular formula is C15H15N3O2S. The van der Waals surface area contributed by atoms with Gasteiger partial charge in [-0.1, -0.05) is 36.0 Å². The van der Waals surface area contributed by atoms with Crippen LogP contribution in [0, 0.1) is 0 Å². The molecule has 0 bridgehead atoms. The fraction of sp³-hybridized carbons (Fsp3) is 0.267. The van der Waals surface area contributed by atoms with Crippen molar-refractivity contribution in [3.63, 3.8) is 0 Å². The lowest BCUT2D eigenvalue weighted by Gasteiger charge is -2.14. The maximum Gasteiger partial charge on any atom is 0.282 e. The van der Waals surface area contributed by atoms with Crippen molar-refractivity contribution in [2.24, 2.45) is 0 Å². The minimum absolute atomic E-state index is 0.0200. The van der Waals surface area contributed by atoms with E-state index in [1.54, 1.807) is 11.1 Å². The summed E-state index contributed by atoms with van der Waals surface area (Å²) in [6.45, 7) is 1.13. The van der Waals surface area contributed by atoms with Crippen LogP contribution in [0.25, 0.3) is 10.8 Å². The number of benzene rings is 1. The van der Waals surface area contributed by atoms with Gasteiger partial charge in [-0.25, -0.2) is 0 Å². The highest BCUT2D eigenvalue weighted by atomic mass is 32.2. The molecule has 3 rings (SSSR count). The van der Waals surface area contributed by atoms with Crippen molar-refractivity contribution in [2.75, 3.05) is 18.8 Å². The van der Waals surface area contributed by atoms with Crippen LogP contribution in [-0.4, -0.2) is 39.9 Å². The van der Waals surface area contributed by atoms with Crippen molar-refractivity contribution in [2.45, 2.75) is 6.54 Å². The van der Waals surface area contributed by atoms with Crippen LogP contribution < -0.4 is 5.32 Å². The summed E-state index contributed by atoms with van der Waals surface area (Å²) in [6.07, 6.45) is 1.74. The SMILES string of the molecule is O=C(CN1CCSC1=O)NCc1nccc2ccccc12. The second-order valence-electron chi connectivity index (χ2n) is 4.79. The number of pyridine rings is 1. The van der Waals surface area contributed by atoms with E-state index < -0.39 is 0 Å². The Morgan fingerprint density at radius 1 is 1.33 bits per heavy atom. The van der Waals surface area contributed by atoms with Crippen molar-refractivity contribution < 1.29 is 9.59 Å². The highest BCUT2D eigenvalue weighted by Crippen LogP contribution is 2.17. The Bertz CT molecular complexity index is 684. The van der Waals surface area contributed by atoms with Gasteiger partial charge in [-0.05, 0) is 11.5 Å². The number of thioether (sulfide) groups is 1. The minimum Gasteiger partial charge on any atom is -0.349 e. The first-order valence-corrected chi connectivity index (χ1v) is 7.73. The molecule has 2 amide bonds. The van der Waals surface area contributed by atoms with E-state index in [1.807, 2.05) is 30.3 Å². The van der Waals surface area contributed by atoms with E-state index in [4.69, 9.17) is 0 Å². The molecule has 2 aromatic rings. The van der Waals surface area contributed by atoms with Crippen molar-refractivity contribution in [3.05, 3.63) is 42.2 Å². The third kappa shape index (κ3) is 3.16. The number of carbonyl (C=O) groups is 2. The first kappa shape index (κ1) is 13.9. The monoisotopic (exact) mass is 301 g/mol. The van der Waals surface area contributed by atoms with Crippen LogP contribution in [0.5, 0.6) is 0 Å². The van der Waals surface area contributed by atoms with Gasteiger partial charge in [-0.15, -0.1) is 0 Å². The fourth-order valence-corrected chi connectivity index (χ4v) is 3.13. The molecule has 0 atom stereocenters. The number of aromatic nitrogens is 1. The van der Waals surface area contributed by atoms with Crippen LogP contribution in [0.2, 0.25) is 0 Å². The normalized spacial score (nSPS) is 14.7. The lowest BCUT2D eigenvalue weighted by Crippen LogP contribution is -2.37. The van der Waals surface area contributed by atoms with Crippen molar-refractivity contribution in [1.29, 1.82) is 0 Å². The van der Waals surface area contributed by atoms with Gasteiger partial charge in [0.05, 0.1) is 12.2 Å². The summed E-state index contributed by atoms with van der Waals surface area (Å²) in [5.74, 6) is 0.609. The van der Waals surface area contributed by atoms with Crippen molar-refractivity contribution >= 4 is 33.7 Å². The van der Waals surface area contributed by atoms with Crippen LogP contribution in [0.15, 0.2) is 36.5 Å². The molecular weight excluding hydrogens is 286 g/mol. The second-order valence-corrected chi connectivity index (χ2v) is 5.84. The molecule has 0 aliphatic carbocycles. The molecule has 1 N–H and O–H groups in total. The average molecular weight is 301 g/mol. The first-order chi connectivity index (χ1) is 10.2. The highest BCUT2D eigenvalue weighted by molar-refractivity contribution is 8.13. The average Bonchev–Trinajstić information content (AvgIpc) is 2.90. The lowest BCUT2D eigenvalue weighted by atomic mass is 10.1. The van der Waals surface area contributed by atoms with Crippen LogP contribution in [0.3, 0.4) is 0 Å². The van der Waals surface area contributed by atoms with Crippen molar-refractivity contribution in [3.8, 4) is 0 Å². The van der Waals surface area contributed by atoms with E-state index in [1.165, 1.54) is 11.8 Å². The van der Waals surface area contributed by atoms with E-state index in [-0.39, 0.29) is 17.7 Å². The van der Waals surface area contributed by atoms with Crippen LogP contribution in [0.4, 0.5) is 4.79 Å². The summed E-state index contributed by atoms with van der Waals surface area (Å²) in [4.78, 5) is 29.3. The van der Waals surface area contributed by atoms with Gasteiger partial charge in [-0.3, -0.25) is 14.6 Å². The predicted molar refractivity (Wildman–Crippen MR) is 83.0 cm³/mol. The third-order valence-electron chi connectivity index (χ3n) is 3.39. The smallest absolute Gasteiger partial charge is 0.282 e. The van der Waals surface area contributed by atoms with E-state index in [0.717, 1.165) is 22.2 Å². The number of fused-ring (bicyclic) bond motifs is 1. The molecule has 0 radical (unpaired) electrons. The number of nitrogens with one attached hydrogen (secondary N) is 1. The summed E-state index contributed by atoms with van der Waals surface area (Å²) in [5, 5.41) is 4.95. The molecule has 1 aliphatic heterocycles. The van der Waals surface area contributed by atoms with Gasteiger partial charge in [0.1, 0.15) is 6.54 Å². The molecule has 1 saturated heterocycles. The molecule has 1 aliphatic rings. The molecule has 108 valence electrons. The quantitative estimate of drug-likeness (QED) is 0.938. The molecule has 5 nitrogen and oxygen atoms in total. The Morgan fingerprint density at radius 2 is 2.19 bits per heavy atom. The van der Waals surface area contributed by atoms with Gasteiger partial charge < -0.3 is 10.2 Å². The molecule has 1 aromatic carbocycles. The van der Waals surface area contributed by atoms with Crippen LogP contribution in [-0.2, 0) is 11.3 Å². The lowest BCUT2D eigenvalue weighted by molar-refractivity contribution is -0.121. The molecule has 1 aromatic heterocycles. The first-order valence-electron chi connectivity index (χ1n) is 6.75. The zero-order valence-corrected chi connectivity index (χ0v) is 12.2. The van der Waals surface area contributed by atoms with Gasteiger partial charge in [0.25, 0.3) is 5.24 Å². The Kier molecular flexibility index (Phi) is 4.06. The summed E-state index contributed by atoms with van der Waals surface area (Å²) in [6, 6.07) is 9.88. The largest absolute Gasteiger partial charge is 0.349 e. The van der Waals surface area contributed by atoms with Gasteiger partial charge >= 0.3 is 0 Å². The molecule has 0 saturated carbocycles. The van der Waals surface area contributed by atoms with E-state index in [0.29, 0.717) is 13.1 Å². The number of hydrogen-bond donors (Lipinski definition) is 1. The number of nitrogens with zero attached hydrogens (tertiary/aromatic N) is 2. The molecule has 21 heavy (non-hydrogen) atoms. The zero-order valence-electron chi connectivity index (χ0n) is 11.4. The standard InChI is InChI=1S/C15H15N3O2S/c19-14(10-18-7-8-21-15(18)20)17-9-13-12-4-2-1-3-11(12)5-6-16-13/h1-6H,7-10H2,(H,17,19).